The number of nitrogens with one attached hydrogen (secondary N) is 2. The molecular weight excluding hydrogens is 532 g/mol. The van der Waals surface area contributed by atoms with E-state index in [4.69, 9.17) is 4.98 Å². The lowest BCUT2D eigenvalue weighted by atomic mass is 10.0. The van der Waals surface area contributed by atoms with E-state index < -0.39 is 23.7 Å². The molecule has 3 N–H and O–H groups in total. The molecule has 9 nitrogen and oxygen atoms in total. The number of para-hydroxylation sites is 1. The SMILES string of the molecule is O=C(Nc1ccccc1C(=O)O)c1ccc2c(c1)C(=O)N(c1ccc(-c3nc4cc5ccccc5cc4[nH]3)cc1)C2=O. The van der Waals surface area contributed by atoms with Crippen LogP contribution in [-0.4, -0.2) is 38.8 Å². The van der Waals surface area contributed by atoms with Gasteiger partial charge in [-0.15, -0.1) is 0 Å². The van der Waals surface area contributed by atoms with Crippen molar-refractivity contribution in [2.45, 2.75) is 0 Å². The summed E-state index contributed by atoms with van der Waals surface area (Å²) in [5.74, 6) is -2.18. The number of aromatic carboxylic acids is 1. The molecule has 6 aromatic rings. The lowest BCUT2D eigenvalue weighted by Crippen LogP contribution is -2.29. The summed E-state index contributed by atoms with van der Waals surface area (Å²) in [4.78, 5) is 60.1. The summed E-state index contributed by atoms with van der Waals surface area (Å²) in [6, 6.07) is 29.3. The Morgan fingerprint density at radius 3 is 2.21 bits per heavy atom. The first-order valence-corrected chi connectivity index (χ1v) is 13.0. The van der Waals surface area contributed by atoms with Crippen molar-refractivity contribution in [3.8, 4) is 11.4 Å². The molecule has 0 unspecified atom stereocenters. The van der Waals surface area contributed by atoms with E-state index in [2.05, 4.69) is 10.3 Å². The summed E-state index contributed by atoms with van der Waals surface area (Å²) in [7, 11) is 0. The second-order valence-corrected chi connectivity index (χ2v) is 9.86. The average molecular weight is 553 g/mol. The molecule has 3 amide bonds. The van der Waals surface area contributed by atoms with E-state index in [0.717, 1.165) is 32.3 Å². The van der Waals surface area contributed by atoms with E-state index in [1.807, 2.05) is 36.4 Å². The fraction of sp³-hybridized carbons (Fsp3) is 0. The number of hydrogen-bond acceptors (Lipinski definition) is 5. The molecular formula is C33H20N4O5. The Labute approximate surface area is 238 Å². The van der Waals surface area contributed by atoms with Crippen LogP contribution in [-0.2, 0) is 0 Å². The van der Waals surface area contributed by atoms with Crippen LogP contribution in [0.1, 0.15) is 41.4 Å². The number of benzene rings is 5. The lowest BCUT2D eigenvalue weighted by molar-refractivity contribution is 0.0697. The van der Waals surface area contributed by atoms with Gasteiger partial charge in [0.2, 0.25) is 0 Å². The number of carbonyl (C=O) groups is 4. The predicted molar refractivity (Wildman–Crippen MR) is 158 cm³/mol. The van der Waals surface area contributed by atoms with Gasteiger partial charge in [-0.1, -0.05) is 36.4 Å². The Bertz CT molecular complexity index is 2060. The van der Waals surface area contributed by atoms with Gasteiger partial charge in [0, 0.05) is 11.1 Å². The zero-order chi connectivity index (χ0) is 29.0. The summed E-state index contributed by atoms with van der Waals surface area (Å²) in [6.45, 7) is 0. The van der Waals surface area contributed by atoms with Crippen LogP contribution in [0.2, 0.25) is 0 Å². The second-order valence-electron chi connectivity index (χ2n) is 9.86. The molecule has 202 valence electrons. The van der Waals surface area contributed by atoms with Gasteiger partial charge in [-0.25, -0.2) is 14.7 Å². The van der Waals surface area contributed by atoms with Gasteiger partial charge in [-0.2, -0.15) is 0 Å². The van der Waals surface area contributed by atoms with Crippen molar-refractivity contribution < 1.29 is 24.3 Å². The van der Waals surface area contributed by atoms with E-state index in [9.17, 15) is 24.3 Å². The van der Waals surface area contributed by atoms with Crippen molar-refractivity contribution in [3.05, 3.63) is 125 Å². The van der Waals surface area contributed by atoms with Gasteiger partial charge in [-0.05, 0) is 77.5 Å². The molecule has 0 bridgehead atoms. The highest BCUT2D eigenvalue weighted by Gasteiger charge is 2.37. The number of fused-ring (bicyclic) bond motifs is 3. The van der Waals surface area contributed by atoms with Crippen molar-refractivity contribution in [2.75, 3.05) is 10.2 Å². The van der Waals surface area contributed by atoms with Crippen LogP contribution in [0, 0.1) is 0 Å². The summed E-state index contributed by atoms with van der Waals surface area (Å²) >= 11 is 0. The number of imide groups is 1. The molecule has 0 spiro atoms. The van der Waals surface area contributed by atoms with Crippen LogP contribution in [0.15, 0.2) is 103 Å². The minimum absolute atomic E-state index is 0.0658. The van der Waals surface area contributed by atoms with E-state index in [1.165, 1.54) is 30.3 Å². The van der Waals surface area contributed by atoms with Crippen molar-refractivity contribution in [1.82, 2.24) is 9.97 Å². The number of imidazole rings is 1. The normalized spacial score (nSPS) is 12.6. The van der Waals surface area contributed by atoms with Gasteiger partial charge < -0.3 is 15.4 Å². The van der Waals surface area contributed by atoms with Crippen LogP contribution in [0.25, 0.3) is 33.2 Å². The van der Waals surface area contributed by atoms with Crippen LogP contribution in [0.5, 0.6) is 0 Å². The number of H-pyrrole nitrogens is 1. The number of carbonyl (C=O) groups excluding carboxylic acids is 3. The first-order chi connectivity index (χ1) is 20.4. The molecule has 0 aliphatic carbocycles. The quantitative estimate of drug-likeness (QED) is 0.220. The number of rotatable bonds is 5. The van der Waals surface area contributed by atoms with Crippen molar-refractivity contribution in [2.24, 2.45) is 0 Å². The highest BCUT2D eigenvalue weighted by Crippen LogP contribution is 2.32. The Hall–Kier alpha value is -6.09. The Kier molecular flexibility index (Phi) is 5.65. The minimum atomic E-state index is -1.18. The van der Waals surface area contributed by atoms with Crippen LogP contribution >= 0.6 is 0 Å². The Morgan fingerprint density at radius 1 is 0.762 bits per heavy atom. The fourth-order valence-electron chi connectivity index (χ4n) is 5.19. The Balaban J connectivity index is 1.14. The summed E-state index contributed by atoms with van der Waals surface area (Å²) < 4.78 is 0. The summed E-state index contributed by atoms with van der Waals surface area (Å²) in [5, 5.41) is 14.2. The van der Waals surface area contributed by atoms with Gasteiger partial charge >= 0.3 is 5.97 Å². The highest BCUT2D eigenvalue weighted by atomic mass is 16.4. The van der Waals surface area contributed by atoms with Crippen molar-refractivity contribution >= 4 is 56.9 Å². The monoisotopic (exact) mass is 552 g/mol. The molecule has 2 heterocycles. The molecule has 0 saturated carbocycles. The van der Waals surface area contributed by atoms with Crippen LogP contribution < -0.4 is 10.2 Å². The molecule has 0 fully saturated rings. The number of anilines is 2. The number of carboxylic acids is 1. The maximum Gasteiger partial charge on any atom is 0.337 e. The summed E-state index contributed by atoms with van der Waals surface area (Å²) in [5.41, 5.74) is 3.35. The van der Waals surface area contributed by atoms with E-state index in [0.29, 0.717) is 11.5 Å². The first kappa shape index (κ1) is 24.9. The number of amides is 3. The largest absolute Gasteiger partial charge is 0.478 e. The molecule has 5 aromatic carbocycles. The third-order valence-corrected chi connectivity index (χ3v) is 7.30. The van der Waals surface area contributed by atoms with Crippen LogP contribution in [0.4, 0.5) is 11.4 Å². The van der Waals surface area contributed by atoms with Gasteiger partial charge in [-0.3, -0.25) is 14.4 Å². The molecule has 1 aliphatic heterocycles. The average Bonchev–Trinajstić information content (AvgIpc) is 3.53. The number of aromatic amines is 1. The molecule has 42 heavy (non-hydrogen) atoms. The first-order valence-electron chi connectivity index (χ1n) is 13.0. The fourth-order valence-corrected chi connectivity index (χ4v) is 5.19. The highest BCUT2D eigenvalue weighted by molar-refractivity contribution is 6.34. The number of nitrogens with zero attached hydrogens (tertiary/aromatic N) is 2. The van der Waals surface area contributed by atoms with Gasteiger partial charge in [0.15, 0.2) is 0 Å². The maximum absolute atomic E-state index is 13.3. The molecule has 1 aromatic heterocycles. The van der Waals surface area contributed by atoms with E-state index in [1.54, 1.807) is 36.4 Å². The topological polar surface area (TPSA) is 132 Å². The van der Waals surface area contributed by atoms with Crippen molar-refractivity contribution in [3.63, 3.8) is 0 Å². The third-order valence-electron chi connectivity index (χ3n) is 7.30. The summed E-state index contributed by atoms with van der Waals surface area (Å²) in [6.07, 6.45) is 0. The molecule has 7 rings (SSSR count). The predicted octanol–water partition coefficient (Wildman–Crippen LogP) is 6.13. The third kappa shape index (κ3) is 4.08. The van der Waals surface area contributed by atoms with Crippen molar-refractivity contribution in [1.29, 1.82) is 0 Å². The molecule has 0 saturated heterocycles. The van der Waals surface area contributed by atoms with Gasteiger partial charge in [0.1, 0.15) is 5.82 Å². The second kappa shape index (κ2) is 9.53. The number of aromatic nitrogens is 2. The smallest absolute Gasteiger partial charge is 0.337 e. The van der Waals surface area contributed by atoms with E-state index in [-0.39, 0.29) is 27.9 Å². The van der Waals surface area contributed by atoms with Gasteiger partial charge in [0.05, 0.1) is 39.1 Å². The lowest BCUT2D eigenvalue weighted by Gasteiger charge is -2.14. The standard InChI is InChI=1S/C33H20N4O5/c38-30(36-26-8-4-3-7-24(26)33(41)42)21-11-14-23-25(15-21)32(40)37(31(23)39)22-12-9-18(10-13-22)29-34-27-16-19-5-1-2-6-20(19)17-28(27)35-29/h1-17H,(H,34,35)(H,36,38)(H,41,42). The zero-order valence-corrected chi connectivity index (χ0v) is 21.8. The number of carboxylic acid groups (broad SMARTS) is 1. The molecule has 0 atom stereocenters. The number of hydrogen-bond donors (Lipinski definition) is 3. The zero-order valence-electron chi connectivity index (χ0n) is 21.8. The molecule has 0 radical (unpaired) electrons. The maximum atomic E-state index is 13.3. The van der Waals surface area contributed by atoms with E-state index >= 15 is 0 Å². The molecule has 9 heteroatoms. The minimum Gasteiger partial charge on any atom is -0.478 e. The Morgan fingerprint density at radius 2 is 1.45 bits per heavy atom. The van der Waals surface area contributed by atoms with Gasteiger partial charge in [0.25, 0.3) is 17.7 Å². The van der Waals surface area contributed by atoms with Crippen LogP contribution in [0.3, 0.4) is 0 Å². The molecule has 1 aliphatic rings.